The third-order valence-corrected chi connectivity index (χ3v) is 3.76. The molecule has 0 radical (unpaired) electrons. The lowest BCUT2D eigenvalue weighted by atomic mass is 10.1. The topological polar surface area (TPSA) is 71.1 Å². The monoisotopic (exact) mass is 329 g/mol. The zero-order valence-electron chi connectivity index (χ0n) is 13.3. The van der Waals surface area contributed by atoms with E-state index in [0.717, 1.165) is 22.1 Å². The van der Waals surface area contributed by atoms with Gasteiger partial charge in [-0.25, -0.2) is 4.98 Å². The molecule has 0 aliphatic rings. The predicted octanol–water partition coefficient (Wildman–Crippen LogP) is 3.67. The van der Waals surface area contributed by atoms with Crippen LogP contribution in [0, 0.1) is 0 Å². The Morgan fingerprint density at radius 2 is 1.87 bits per heavy atom. The van der Waals surface area contributed by atoms with Crippen LogP contribution in [0.3, 0.4) is 0 Å². The molecule has 2 aromatic rings. The Balaban J connectivity index is 1.93. The van der Waals surface area contributed by atoms with Crippen LogP contribution < -0.4 is 10.6 Å². The fraction of sp³-hybridized carbons (Fsp3) is 0.235. The van der Waals surface area contributed by atoms with Crippen LogP contribution in [-0.4, -0.2) is 16.7 Å². The van der Waals surface area contributed by atoms with Gasteiger partial charge in [-0.3, -0.25) is 9.59 Å². The van der Waals surface area contributed by atoms with E-state index in [-0.39, 0.29) is 11.7 Å². The summed E-state index contributed by atoms with van der Waals surface area (Å²) in [6.45, 7) is 5.69. The molecule has 6 heteroatoms. The number of amides is 1. The maximum Gasteiger partial charge on any atom is 0.244 e. The van der Waals surface area contributed by atoms with Crippen LogP contribution in [0.15, 0.2) is 41.3 Å². The molecule has 2 rings (SSSR count). The van der Waals surface area contributed by atoms with Crippen LogP contribution in [0.1, 0.15) is 36.8 Å². The summed E-state index contributed by atoms with van der Waals surface area (Å²) in [6, 6.07) is 7.24. The highest BCUT2D eigenvalue weighted by atomic mass is 32.1. The van der Waals surface area contributed by atoms with Gasteiger partial charge in [-0.2, -0.15) is 0 Å². The van der Waals surface area contributed by atoms with Gasteiger partial charge < -0.3 is 10.6 Å². The van der Waals surface area contributed by atoms with Crippen molar-refractivity contribution in [3.05, 3.63) is 52.6 Å². The van der Waals surface area contributed by atoms with Crippen molar-refractivity contribution in [2.75, 3.05) is 5.32 Å². The molecule has 1 aromatic carbocycles. The van der Waals surface area contributed by atoms with E-state index >= 15 is 0 Å². The number of nitrogens with zero attached hydrogens (tertiary/aromatic N) is 1. The number of Topliss-reactive ketones (excluding diaryl/α,β-unsaturated/α-hetero) is 1. The Morgan fingerprint density at radius 1 is 1.17 bits per heavy atom. The third-order valence-electron chi connectivity index (χ3n) is 2.96. The summed E-state index contributed by atoms with van der Waals surface area (Å²) in [4.78, 5) is 27.2. The lowest BCUT2D eigenvalue weighted by molar-refractivity contribution is -0.116. The molecular formula is C17H19N3O2S. The van der Waals surface area contributed by atoms with Crippen molar-refractivity contribution >= 4 is 33.8 Å². The Hall–Kier alpha value is -2.47. The summed E-state index contributed by atoms with van der Waals surface area (Å²) in [5.41, 5.74) is 3.30. The molecule has 0 saturated carbocycles. The number of benzene rings is 1. The molecule has 2 N–H and O–H groups in total. The molecule has 5 nitrogen and oxygen atoms in total. The number of aromatic nitrogens is 1. The first-order valence-corrected chi connectivity index (χ1v) is 8.07. The summed E-state index contributed by atoms with van der Waals surface area (Å²) >= 11 is 1.46. The smallest absolute Gasteiger partial charge is 0.244 e. The molecule has 23 heavy (non-hydrogen) atoms. The number of carbonyl (C=O) groups excluding carboxylic acids is 2. The Kier molecular flexibility index (Phi) is 5.65. The number of anilines is 2. The second-order valence-corrected chi connectivity index (χ2v) is 6.20. The predicted molar refractivity (Wildman–Crippen MR) is 93.1 cm³/mol. The van der Waals surface area contributed by atoms with Gasteiger partial charge in [0.25, 0.3) is 0 Å². The fourth-order valence-corrected chi connectivity index (χ4v) is 2.58. The lowest BCUT2D eigenvalue weighted by Crippen LogP contribution is -2.20. The minimum atomic E-state index is -0.118. The number of rotatable bonds is 6. The zero-order chi connectivity index (χ0) is 16.8. The largest absolute Gasteiger partial charge is 0.347 e. The number of allylic oxidation sites excluding steroid dienone is 1. The number of nitrogens with one attached hydrogen (secondary N) is 2. The second-order valence-electron chi connectivity index (χ2n) is 5.34. The molecular weight excluding hydrogens is 310 g/mol. The van der Waals surface area contributed by atoms with Gasteiger partial charge in [0.15, 0.2) is 10.9 Å². The van der Waals surface area contributed by atoms with Crippen molar-refractivity contribution in [2.45, 2.75) is 27.3 Å². The summed E-state index contributed by atoms with van der Waals surface area (Å²) < 4.78 is 0. The quantitative estimate of drug-likeness (QED) is 0.626. The zero-order valence-corrected chi connectivity index (χ0v) is 14.2. The SMILES string of the molecule is CC(=O)c1ccc(Nc2nc(CNC(=O)C=C(C)C)cs2)cc1. The van der Waals surface area contributed by atoms with E-state index in [2.05, 4.69) is 15.6 Å². The van der Waals surface area contributed by atoms with E-state index in [1.165, 1.54) is 11.3 Å². The van der Waals surface area contributed by atoms with Crippen molar-refractivity contribution in [1.82, 2.24) is 10.3 Å². The number of carbonyl (C=O) groups is 2. The summed E-state index contributed by atoms with van der Waals surface area (Å²) in [7, 11) is 0. The van der Waals surface area contributed by atoms with Crippen LogP contribution in [0.25, 0.3) is 0 Å². The molecule has 120 valence electrons. The van der Waals surface area contributed by atoms with Crippen LogP contribution in [0.2, 0.25) is 0 Å². The van der Waals surface area contributed by atoms with Crippen molar-refractivity contribution in [3.8, 4) is 0 Å². The van der Waals surface area contributed by atoms with Crippen molar-refractivity contribution in [3.63, 3.8) is 0 Å². The van der Waals surface area contributed by atoms with Crippen LogP contribution >= 0.6 is 11.3 Å². The second kappa shape index (κ2) is 7.69. The van der Waals surface area contributed by atoms with E-state index in [0.29, 0.717) is 12.1 Å². The van der Waals surface area contributed by atoms with Gasteiger partial charge >= 0.3 is 0 Å². The Morgan fingerprint density at radius 3 is 2.48 bits per heavy atom. The number of ketones is 1. The van der Waals surface area contributed by atoms with Gasteiger partial charge in [0, 0.05) is 22.7 Å². The third kappa shape index (κ3) is 5.34. The van der Waals surface area contributed by atoms with Gasteiger partial charge in [0.2, 0.25) is 5.91 Å². The van der Waals surface area contributed by atoms with Crippen molar-refractivity contribution < 1.29 is 9.59 Å². The highest BCUT2D eigenvalue weighted by Gasteiger charge is 2.05. The Bertz CT molecular complexity index is 729. The van der Waals surface area contributed by atoms with Crippen LogP contribution in [-0.2, 0) is 11.3 Å². The van der Waals surface area contributed by atoms with E-state index in [9.17, 15) is 9.59 Å². The molecule has 0 bridgehead atoms. The first-order valence-electron chi connectivity index (χ1n) is 7.19. The average molecular weight is 329 g/mol. The minimum absolute atomic E-state index is 0.0418. The van der Waals surface area contributed by atoms with Gasteiger partial charge in [-0.05, 0) is 45.0 Å². The van der Waals surface area contributed by atoms with Crippen molar-refractivity contribution in [1.29, 1.82) is 0 Å². The molecule has 1 aromatic heterocycles. The highest BCUT2D eigenvalue weighted by molar-refractivity contribution is 7.13. The standard InChI is InChI=1S/C17H19N3O2S/c1-11(2)8-16(22)18-9-15-10-23-17(20-15)19-14-6-4-13(5-7-14)12(3)21/h4-8,10H,9H2,1-3H3,(H,18,22)(H,19,20). The maximum atomic E-state index is 11.6. The highest BCUT2D eigenvalue weighted by Crippen LogP contribution is 2.21. The van der Waals surface area contributed by atoms with E-state index in [4.69, 9.17) is 0 Å². The van der Waals surface area contributed by atoms with Gasteiger partial charge in [0.1, 0.15) is 0 Å². The number of hydrogen-bond acceptors (Lipinski definition) is 5. The fourth-order valence-electron chi connectivity index (χ4n) is 1.85. The lowest BCUT2D eigenvalue weighted by Gasteiger charge is -2.03. The van der Waals surface area contributed by atoms with Crippen LogP contribution in [0.4, 0.5) is 10.8 Å². The number of thiazole rings is 1. The maximum absolute atomic E-state index is 11.6. The van der Waals surface area contributed by atoms with Gasteiger partial charge in [-0.15, -0.1) is 11.3 Å². The molecule has 0 atom stereocenters. The normalized spacial score (nSPS) is 10.0. The molecule has 1 amide bonds. The minimum Gasteiger partial charge on any atom is -0.347 e. The first kappa shape index (κ1) is 16.9. The van der Waals surface area contributed by atoms with Crippen molar-refractivity contribution in [2.24, 2.45) is 0 Å². The number of hydrogen-bond donors (Lipinski definition) is 2. The molecule has 0 spiro atoms. The molecule has 0 fully saturated rings. The Labute approximate surface area is 139 Å². The van der Waals surface area contributed by atoms with Gasteiger partial charge in [-0.1, -0.05) is 5.57 Å². The molecule has 0 unspecified atom stereocenters. The average Bonchev–Trinajstić information content (AvgIpc) is 2.92. The van der Waals surface area contributed by atoms with E-state index in [1.54, 1.807) is 25.1 Å². The van der Waals surface area contributed by atoms with Gasteiger partial charge in [0.05, 0.1) is 12.2 Å². The summed E-state index contributed by atoms with van der Waals surface area (Å²) in [5, 5.41) is 8.61. The molecule has 0 aliphatic carbocycles. The molecule has 1 heterocycles. The van der Waals surface area contributed by atoms with E-state index in [1.807, 2.05) is 31.4 Å². The summed E-state index contributed by atoms with van der Waals surface area (Å²) in [5.74, 6) is -0.0764. The molecule has 0 aliphatic heterocycles. The first-order chi connectivity index (χ1) is 10.9. The molecule has 0 saturated heterocycles. The van der Waals surface area contributed by atoms with E-state index < -0.39 is 0 Å². The summed E-state index contributed by atoms with van der Waals surface area (Å²) in [6.07, 6.45) is 1.56. The van der Waals surface area contributed by atoms with Crippen LogP contribution in [0.5, 0.6) is 0 Å².